The number of hydrogen-bond donors (Lipinski definition) is 0. The van der Waals surface area contributed by atoms with E-state index in [1.807, 2.05) is 0 Å². The van der Waals surface area contributed by atoms with Crippen LogP contribution in [0, 0.1) is 0 Å². The molecule has 2 aromatic rings. The minimum absolute atomic E-state index is 0.154. The molecule has 0 radical (unpaired) electrons. The fourth-order valence-corrected chi connectivity index (χ4v) is 3.43. The van der Waals surface area contributed by atoms with Gasteiger partial charge in [0.25, 0.3) is 5.91 Å². The molecule has 138 valence electrons. The maximum Gasteiger partial charge on any atom is 0.274 e. The SMILES string of the molecule is CC(C)c1ccc(CN2CCN(C(=O)c3nc(Cl)ccc3Cl)CC2)cc1. The van der Waals surface area contributed by atoms with E-state index < -0.39 is 0 Å². The van der Waals surface area contributed by atoms with Crippen LogP contribution in [0.1, 0.15) is 41.4 Å². The average Bonchev–Trinajstić information content (AvgIpc) is 2.64. The van der Waals surface area contributed by atoms with Crippen molar-refractivity contribution in [2.24, 2.45) is 0 Å². The van der Waals surface area contributed by atoms with E-state index in [1.165, 1.54) is 11.1 Å². The first-order chi connectivity index (χ1) is 12.4. The summed E-state index contributed by atoms with van der Waals surface area (Å²) >= 11 is 12.0. The zero-order valence-corrected chi connectivity index (χ0v) is 16.6. The molecule has 26 heavy (non-hydrogen) atoms. The van der Waals surface area contributed by atoms with Gasteiger partial charge >= 0.3 is 0 Å². The van der Waals surface area contributed by atoms with E-state index in [-0.39, 0.29) is 16.8 Å². The van der Waals surface area contributed by atoms with Crippen LogP contribution in [0.5, 0.6) is 0 Å². The Bertz CT molecular complexity index is 769. The zero-order chi connectivity index (χ0) is 18.7. The fraction of sp³-hybridized carbons (Fsp3) is 0.400. The van der Waals surface area contributed by atoms with Gasteiger partial charge in [-0.05, 0) is 29.2 Å². The lowest BCUT2D eigenvalue weighted by Crippen LogP contribution is -2.48. The highest BCUT2D eigenvalue weighted by Gasteiger charge is 2.24. The second-order valence-corrected chi connectivity index (χ2v) is 7.72. The van der Waals surface area contributed by atoms with E-state index in [0.29, 0.717) is 24.0 Å². The number of halogens is 2. The van der Waals surface area contributed by atoms with Crippen LogP contribution >= 0.6 is 23.2 Å². The number of amides is 1. The third-order valence-corrected chi connectivity index (χ3v) is 5.24. The third-order valence-electron chi connectivity index (χ3n) is 4.73. The van der Waals surface area contributed by atoms with Gasteiger partial charge in [0, 0.05) is 32.7 Å². The van der Waals surface area contributed by atoms with Crippen LogP contribution in [-0.2, 0) is 6.54 Å². The van der Waals surface area contributed by atoms with Crippen LogP contribution in [0.2, 0.25) is 10.2 Å². The lowest BCUT2D eigenvalue weighted by atomic mass is 10.0. The second kappa shape index (κ2) is 8.38. The largest absolute Gasteiger partial charge is 0.335 e. The summed E-state index contributed by atoms with van der Waals surface area (Å²) in [6, 6.07) is 12.0. The van der Waals surface area contributed by atoms with Gasteiger partial charge in [-0.2, -0.15) is 0 Å². The van der Waals surface area contributed by atoms with Crippen LogP contribution in [0.25, 0.3) is 0 Å². The summed E-state index contributed by atoms with van der Waals surface area (Å²) in [6.45, 7) is 8.28. The van der Waals surface area contributed by atoms with E-state index in [4.69, 9.17) is 23.2 Å². The van der Waals surface area contributed by atoms with Gasteiger partial charge in [0.15, 0.2) is 0 Å². The Morgan fingerprint density at radius 3 is 2.31 bits per heavy atom. The quantitative estimate of drug-likeness (QED) is 0.721. The minimum atomic E-state index is -0.154. The maximum absolute atomic E-state index is 12.6. The van der Waals surface area contributed by atoms with Gasteiger partial charge in [0.2, 0.25) is 0 Å². The van der Waals surface area contributed by atoms with Crippen molar-refractivity contribution in [1.29, 1.82) is 0 Å². The lowest BCUT2D eigenvalue weighted by Gasteiger charge is -2.34. The first-order valence-corrected chi connectivity index (χ1v) is 9.62. The van der Waals surface area contributed by atoms with Crippen LogP contribution in [0.4, 0.5) is 0 Å². The van der Waals surface area contributed by atoms with E-state index in [9.17, 15) is 4.79 Å². The summed E-state index contributed by atoms with van der Waals surface area (Å²) in [7, 11) is 0. The van der Waals surface area contributed by atoms with Gasteiger partial charge in [0.05, 0.1) is 5.02 Å². The third kappa shape index (κ3) is 4.56. The number of hydrogen-bond acceptors (Lipinski definition) is 3. The number of aromatic nitrogens is 1. The zero-order valence-electron chi connectivity index (χ0n) is 15.1. The summed E-state index contributed by atoms with van der Waals surface area (Å²) in [4.78, 5) is 20.9. The number of benzene rings is 1. The Kier molecular flexibility index (Phi) is 6.17. The number of pyridine rings is 1. The van der Waals surface area contributed by atoms with Crippen molar-refractivity contribution in [2.75, 3.05) is 26.2 Å². The van der Waals surface area contributed by atoms with E-state index in [2.05, 4.69) is 48.0 Å². The molecule has 6 heteroatoms. The van der Waals surface area contributed by atoms with Gasteiger partial charge in [-0.1, -0.05) is 61.3 Å². The van der Waals surface area contributed by atoms with Crippen molar-refractivity contribution in [1.82, 2.24) is 14.8 Å². The van der Waals surface area contributed by atoms with Crippen molar-refractivity contribution < 1.29 is 4.79 Å². The molecule has 0 atom stereocenters. The summed E-state index contributed by atoms with van der Waals surface area (Å²) in [5.41, 5.74) is 2.89. The second-order valence-electron chi connectivity index (χ2n) is 6.93. The van der Waals surface area contributed by atoms with Crippen molar-refractivity contribution in [3.63, 3.8) is 0 Å². The molecule has 1 aliphatic heterocycles. The van der Waals surface area contributed by atoms with Crippen molar-refractivity contribution in [3.05, 3.63) is 63.4 Å². The summed E-state index contributed by atoms with van der Waals surface area (Å²) in [6.07, 6.45) is 0. The highest BCUT2D eigenvalue weighted by atomic mass is 35.5. The Morgan fingerprint density at radius 2 is 1.69 bits per heavy atom. The van der Waals surface area contributed by atoms with Crippen molar-refractivity contribution >= 4 is 29.1 Å². The van der Waals surface area contributed by atoms with E-state index in [1.54, 1.807) is 17.0 Å². The lowest BCUT2D eigenvalue weighted by molar-refractivity contribution is 0.0623. The van der Waals surface area contributed by atoms with E-state index >= 15 is 0 Å². The predicted octanol–water partition coefficient (Wildman–Crippen LogP) is 4.47. The molecule has 0 unspecified atom stereocenters. The van der Waals surface area contributed by atoms with Gasteiger partial charge in [-0.25, -0.2) is 4.98 Å². The molecule has 0 saturated carbocycles. The molecule has 4 nitrogen and oxygen atoms in total. The normalized spacial score (nSPS) is 15.5. The molecule has 0 aliphatic carbocycles. The van der Waals surface area contributed by atoms with Crippen molar-refractivity contribution in [2.45, 2.75) is 26.3 Å². The molecule has 1 aromatic heterocycles. The molecular weight excluding hydrogens is 369 g/mol. The molecule has 0 spiro atoms. The number of carbonyl (C=O) groups excluding carboxylic acids is 1. The molecule has 0 N–H and O–H groups in total. The van der Waals surface area contributed by atoms with E-state index in [0.717, 1.165) is 19.6 Å². The van der Waals surface area contributed by atoms with Crippen LogP contribution in [0.15, 0.2) is 36.4 Å². The molecule has 3 rings (SSSR count). The highest BCUT2D eigenvalue weighted by molar-refractivity contribution is 6.34. The van der Waals surface area contributed by atoms with Gasteiger partial charge in [-0.15, -0.1) is 0 Å². The van der Waals surface area contributed by atoms with Gasteiger partial charge in [0.1, 0.15) is 10.8 Å². The summed E-state index contributed by atoms with van der Waals surface area (Å²) < 4.78 is 0. The van der Waals surface area contributed by atoms with Crippen LogP contribution in [-0.4, -0.2) is 46.9 Å². The smallest absolute Gasteiger partial charge is 0.274 e. The fourth-order valence-electron chi connectivity index (χ4n) is 3.09. The molecule has 1 saturated heterocycles. The summed E-state index contributed by atoms with van der Waals surface area (Å²) in [5, 5.41) is 0.619. The Balaban J connectivity index is 1.57. The number of rotatable bonds is 4. The Morgan fingerprint density at radius 1 is 1.04 bits per heavy atom. The minimum Gasteiger partial charge on any atom is -0.335 e. The molecule has 0 bridgehead atoms. The highest BCUT2D eigenvalue weighted by Crippen LogP contribution is 2.20. The molecule has 1 aromatic carbocycles. The number of carbonyl (C=O) groups is 1. The first kappa shape index (κ1) is 19.2. The molecular formula is C20H23Cl2N3O. The average molecular weight is 392 g/mol. The van der Waals surface area contributed by atoms with Crippen LogP contribution in [0.3, 0.4) is 0 Å². The molecule has 2 heterocycles. The monoisotopic (exact) mass is 391 g/mol. The predicted molar refractivity (Wildman–Crippen MR) is 106 cm³/mol. The first-order valence-electron chi connectivity index (χ1n) is 8.86. The molecule has 1 amide bonds. The Labute approximate surface area is 164 Å². The van der Waals surface area contributed by atoms with Crippen molar-refractivity contribution in [3.8, 4) is 0 Å². The summed E-state index contributed by atoms with van der Waals surface area (Å²) in [5.74, 6) is 0.393. The van der Waals surface area contributed by atoms with Gasteiger partial charge < -0.3 is 4.90 Å². The molecule has 1 aliphatic rings. The van der Waals surface area contributed by atoms with Crippen LogP contribution < -0.4 is 0 Å². The number of piperazine rings is 1. The van der Waals surface area contributed by atoms with Gasteiger partial charge in [-0.3, -0.25) is 9.69 Å². The molecule has 1 fully saturated rings. The number of nitrogens with zero attached hydrogens (tertiary/aromatic N) is 3. The topological polar surface area (TPSA) is 36.4 Å². The standard InChI is InChI=1S/C20H23Cl2N3O/c1-14(2)16-5-3-15(4-6-16)13-24-9-11-25(12-10-24)20(26)19-17(21)7-8-18(22)23-19/h3-8,14H,9-13H2,1-2H3. The Hall–Kier alpha value is -1.62. The maximum atomic E-state index is 12.6.